The van der Waals surface area contributed by atoms with Gasteiger partial charge in [0, 0.05) is 24.3 Å². The number of nitrogens with zero attached hydrogens (tertiary/aromatic N) is 2. The maximum absolute atomic E-state index is 3.98. The summed E-state index contributed by atoms with van der Waals surface area (Å²) < 4.78 is 2.05. The number of alkyl halides is 1. The molecule has 0 saturated carbocycles. The minimum atomic E-state index is 0.904. The van der Waals surface area contributed by atoms with E-state index >= 15 is 0 Å². The third-order valence-electron chi connectivity index (χ3n) is 2.76. The van der Waals surface area contributed by atoms with Gasteiger partial charge in [-0.1, -0.05) is 76.6 Å². The van der Waals surface area contributed by atoms with Crippen LogP contribution in [0, 0.1) is 0 Å². The van der Waals surface area contributed by atoms with Crippen molar-refractivity contribution in [3.05, 3.63) is 90.5 Å². The predicted molar refractivity (Wildman–Crippen MR) is 86.8 cm³/mol. The van der Waals surface area contributed by atoms with Gasteiger partial charge in [0.25, 0.3) is 0 Å². The Morgan fingerprint density at radius 2 is 1.45 bits per heavy atom. The highest BCUT2D eigenvalue weighted by Gasteiger charge is 1.91. The fourth-order valence-corrected chi connectivity index (χ4v) is 2.12. The number of benzene rings is 2. The average Bonchev–Trinajstić information content (AvgIpc) is 3.03. The van der Waals surface area contributed by atoms with Crippen LogP contribution in [0.5, 0.6) is 0 Å². The largest absolute Gasteiger partial charge is 0.333 e. The standard InChI is InChI=1S/C10H10N2.C7H7Br/c1-2-4-10(5-3-1)8-12-7-6-11-9-12;8-6-7-4-2-1-3-5-7/h1-7,9H,8H2;1-5H,6H2. The molecule has 2 aromatic carbocycles. The summed E-state index contributed by atoms with van der Waals surface area (Å²) in [4.78, 5) is 3.98. The lowest BCUT2D eigenvalue weighted by atomic mass is 10.2. The molecule has 0 radical (unpaired) electrons. The molecule has 0 unspecified atom stereocenters. The van der Waals surface area contributed by atoms with Gasteiger partial charge >= 0.3 is 0 Å². The SMILES string of the molecule is BrCc1ccccc1.c1ccc(Cn2ccnc2)cc1. The summed E-state index contributed by atoms with van der Waals surface area (Å²) in [5, 5.41) is 0.952. The van der Waals surface area contributed by atoms with Crippen LogP contribution in [0.15, 0.2) is 79.4 Å². The quantitative estimate of drug-likeness (QED) is 0.646. The van der Waals surface area contributed by atoms with Crippen molar-refractivity contribution >= 4 is 15.9 Å². The summed E-state index contributed by atoms with van der Waals surface area (Å²) in [6.45, 7) is 0.904. The highest BCUT2D eigenvalue weighted by molar-refractivity contribution is 9.08. The van der Waals surface area contributed by atoms with Crippen molar-refractivity contribution in [1.82, 2.24) is 9.55 Å². The zero-order valence-electron chi connectivity index (χ0n) is 11.2. The smallest absolute Gasteiger partial charge is 0.0949 e. The molecule has 2 nitrogen and oxygen atoms in total. The first-order chi connectivity index (χ1) is 9.88. The van der Waals surface area contributed by atoms with Crippen molar-refractivity contribution < 1.29 is 0 Å². The second-order valence-corrected chi connectivity index (χ2v) is 4.90. The third kappa shape index (κ3) is 5.02. The van der Waals surface area contributed by atoms with Crippen molar-refractivity contribution in [3.8, 4) is 0 Å². The number of hydrogen-bond acceptors (Lipinski definition) is 1. The molecule has 0 aliphatic heterocycles. The Morgan fingerprint density at radius 1 is 0.850 bits per heavy atom. The molecule has 0 saturated heterocycles. The van der Waals surface area contributed by atoms with Gasteiger partial charge in [-0.15, -0.1) is 0 Å². The van der Waals surface area contributed by atoms with E-state index in [1.807, 2.05) is 48.9 Å². The summed E-state index contributed by atoms with van der Waals surface area (Å²) in [5.41, 5.74) is 2.63. The molecule has 1 aromatic heterocycles. The fourth-order valence-electron chi connectivity index (χ4n) is 1.74. The Morgan fingerprint density at radius 3 is 1.90 bits per heavy atom. The Bertz CT molecular complexity index is 577. The number of hydrogen-bond donors (Lipinski definition) is 0. The van der Waals surface area contributed by atoms with E-state index in [0.29, 0.717) is 0 Å². The van der Waals surface area contributed by atoms with Crippen LogP contribution < -0.4 is 0 Å². The summed E-state index contributed by atoms with van der Waals surface area (Å²) in [6.07, 6.45) is 5.59. The van der Waals surface area contributed by atoms with E-state index < -0.39 is 0 Å². The van der Waals surface area contributed by atoms with E-state index in [4.69, 9.17) is 0 Å². The molecule has 3 rings (SSSR count). The van der Waals surface area contributed by atoms with Crippen LogP contribution in [0.3, 0.4) is 0 Å². The predicted octanol–water partition coefficient (Wildman–Crippen LogP) is 4.51. The summed E-state index contributed by atoms with van der Waals surface area (Å²) in [6, 6.07) is 20.6. The van der Waals surface area contributed by atoms with Gasteiger partial charge in [-0.05, 0) is 11.1 Å². The highest BCUT2D eigenvalue weighted by Crippen LogP contribution is 2.02. The van der Waals surface area contributed by atoms with E-state index in [-0.39, 0.29) is 0 Å². The number of halogens is 1. The lowest BCUT2D eigenvalue weighted by Crippen LogP contribution is -1.95. The first kappa shape index (κ1) is 14.5. The normalized spacial score (nSPS) is 9.65. The first-order valence-corrected chi connectivity index (χ1v) is 7.60. The van der Waals surface area contributed by atoms with Gasteiger partial charge < -0.3 is 4.57 Å². The second-order valence-electron chi connectivity index (χ2n) is 4.34. The molecule has 0 N–H and O–H groups in total. The van der Waals surface area contributed by atoms with E-state index in [2.05, 4.69) is 49.7 Å². The topological polar surface area (TPSA) is 17.8 Å². The lowest BCUT2D eigenvalue weighted by Gasteiger charge is -2.00. The van der Waals surface area contributed by atoms with Gasteiger partial charge in [0.2, 0.25) is 0 Å². The van der Waals surface area contributed by atoms with Crippen LogP contribution in [0.2, 0.25) is 0 Å². The average molecular weight is 329 g/mol. The maximum atomic E-state index is 3.98. The van der Waals surface area contributed by atoms with E-state index in [1.165, 1.54) is 11.1 Å². The molecule has 0 fully saturated rings. The van der Waals surface area contributed by atoms with Crippen LogP contribution in [-0.4, -0.2) is 9.55 Å². The number of aromatic nitrogens is 2. The summed E-state index contributed by atoms with van der Waals surface area (Å²) in [5.74, 6) is 0. The summed E-state index contributed by atoms with van der Waals surface area (Å²) in [7, 11) is 0. The number of imidazole rings is 1. The zero-order valence-corrected chi connectivity index (χ0v) is 12.8. The van der Waals surface area contributed by atoms with Crippen molar-refractivity contribution in [2.24, 2.45) is 0 Å². The molecule has 3 heteroatoms. The van der Waals surface area contributed by atoms with Crippen molar-refractivity contribution in [2.45, 2.75) is 11.9 Å². The second kappa shape index (κ2) is 8.33. The monoisotopic (exact) mass is 328 g/mol. The van der Waals surface area contributed by atoms with Gasteiger partial charge in [0.05, 0.1) is 6.33 Å². The van der Waals surface area contributed by atoms with Gasteiger partial charge in [-0.3, -0.25) is 0 Å². The van der Waals surface area contributed by atoms with Gasteiger partial charge in [0.1, 0.15) is 0 Å². The van der Waals surface area contributed by atoms with Crippen LogP contribution in [0.1, 0.15) is 11.1 Å². The van der Waals surface area contributed by atoms with Crippen LogP contribution >= 0.6 is 15.9 Å². The Hall–Kier alpha value is -1.87. The van der Waals surface area contributed by atoms with Gasteiger partial charge in [0.15, 0.2) is 0 Å². The Labute approximate surface area is 128 Å². The van der Waals surface area contributed by atoms with E-state index in [1.54, 1.807) is 6.20 Å². The first-order valence-electron chi connectivity index (χ1n) is 6.48. The van der Waals surface area contributed by atoms with Crippen LogP contribution in [0.25, 0.3) is 0 Å². The molecule has 102 valence electrons. The highest BCUT2D eigenvalue weighted by atomic mass is 79.9. The molecule has 0 amide bonds. The molecule has 0 spiro atoms. The summed E-state index contributed by atoms with van der Waals surface area (Å²) >= 11 is 3.36. The Balaban J connectivity index is 0.000000160. The molecule has 0 bridgehead atoms. The number of rotatable bonds is 3. The van der Waals surface area contributed by atoms with Crippen molar-refractivity contribution in [2.75, 3.05) is 0 Å². The Kier molecular flexibility index (Phi) is 6.06. The fraction of sp³-hybridized carbons (Fsp3) is 0.118. The van der Waals surface area contributed by atoms with Crippen LogP contribution in [-0.2, 0) is 11.9 Å². The van der Waals surface area contributed by atoms with Gasteiger partial charge in [-0.25, -0.2) is 4.98 Å². The van der Waals surface area contributed by atoms with E-state index in [0.717, 1.165) is 11.9 Å². The minimum Gasteiger partial charge on any atom is -0.333 e. The molecule has 1 heterocycles. The molecule has 0 atom stereocenters. The molecular weight excluding hydrogens is 312 g/mol. The third-order valence-corrected chi connectivity index (χ3v) is 3.41. The molecule has 0 aliphatic carbocycles. The van der Waals surface area contributed by atoms with Crippen molar-refractivity contribution in [3.63, 3.8) is 0 Å². The molecule has 0 aliphatic rings. The molecule has 3 aromatic rings. The molecule has 20 heavy (non-hydrogen) atoms. The lowest BCUT2D eigenvalue weighted by molar-refractivity contribution is 0.797. The van der Waals surface area contributed by atoms with Crippen molar-refractivity contribution in [1.29, 1.82) is 0 Å². The molecular formula is C17H17BrN2. The van der Waals surface area contributed by atoms with Gasteiger partial charge in [-0.2, -0.15) is 0 Å². The zero-order chi connectivity index (χ0) is 14.0. The maximum Gasteiger partial charge on any atom is 0.0949 e. The van der Waals surface area contributed by atoms with Crippen LogP contribution in [0.4, 0.5) is 0 Å². The van der Waals surface area contributed by atoms with E-state index in [9.17, 15) is 0 Å². The minimum absolute atomic E-state index is 0.904.